The van der Waals surface area contributed by atoms with Gasteiger partial charge in [0.1, 0.15) is 0 Å². The van der Waals surface area contributed by atoms with Gasteiger partial charge in [0, 0.05) is 59.3 Å². The molecule has 0 amide bonds. The number of rotatable bonds is 7. The topological polar surface area (TPSA) is 8.17 Å². The molecule has 0 atom stereocenters. The van der Waals surface area contributed by atoms with Crippen molar-refractivity contribution in [1.82, 2.24) is 4.57 Å². The summed E-state index contributed by atoms with van der Waals surface area (Å²) in [5.41, 5.74) is 14.1. The van der Waals surface area contributed by atoms with E-state index in [1.807, 2.05) is 11.3 Å². The molecule has 0 aliphatic carbocycles. The molecular formula is C54H36N2S. The van der Waals surface area contributed by atoms with E-state index in [2.05, 4.69) is 228 Å². The van der Waals surface area contributed by atoms with Crippen LogP contribution in [0.2, 0.25) is 0 Å². The van der Waals surface area contributed by atoms with Crippen molar-refractivity contribution in [2.24, 2.45) is 0 Å². The molecule has 11 aromatic rings. The molecule has 3 heteroatoms. The predicted octanol–water partition coefficient (Wildman–Crippen LogP) is 15.6. The highest BCUT2D eigenvalue weighted by Crippen LogP contribution is 2.48. The molecule has 0 aliphatic rings. The number of thiophene rings is 1. The van der Waals surface area contributed by atoms with E-state index < -0.39 is 0 Å². The highest BCUT2D eigenvalue weighted by molar-refractivity contribution is 7.26. The summed E-state index contributed by atoms with van der Waals surface area (Å²) in [5.74, 6) is 0. The molecule has 2 heterocycles. The quantitative estimate of drug-likeness (QED) is 0.158. The van der Waals surface area contributed by atoms with E-state index in [0.29, 0.717) is 0 Å². The van der Waals surface area contributed by atoms with Crippen LogP contribution in [0.3, 0.4) is 0 Å². The van der Waals surface area contributed by atoms with Gasteiger partial charge in [0.05, 0.1) is 11.0 Å². The number of benzene rings is 9. The second-order valence-corrected chi connectivity index (χ2v) is 15.6. The zero-order valence-electron chi connectivity index (χ0n) is 31.1. The van der Waals surface area contributed by atoms with Gasteiger partial charge in [-0.2, -0.15) is 0 Å². The highest BCUT2D eigenvalue weighted by atomic mass is 32.1. The van der Waals surface area contributed by atoms with Crippen molar-refractivity contribution in [2.75, 3.05) is 4.90 Å². The summed E-state index contributed by atoms with van der Waals surface area (Å²) in [4.78, 5) is 2.42. The summed E-state index contributed by atoms with van der Waals surface area (Å²) in [6.45, 7) is 0. The molecule has 0 saturated carbocycles. The number of hydrogen-bond acceptors (Lipinski definition) is 2. The maximum Gasteiger partial charge on any atom is 0.0547 e. The summed E-state index contributed by atoms with van der Waals surface area (Å²) in [5, 5.41) is 5.05. The Hall–Kier alpha value is -7.20. The highest BCUT2D eigenvalue weighted by Gasteiger charge is 2.22. The van der Waals surface area contributed by atoms with Gasteiger partial charge in [-0.3, -0.25) is 0 Å². The number of anilines is 3. The molecule has 0 fully saturated rings. The van der Waals surface area contributed by atoms with Crippen molar-refractivity contribution in [3.63, 3.8) is 0 Å². The molecule has 0 unspecified atom stereocenters. The van der Waals surface area contributed by atoms with Crippen LogP contribution >= 0.6 is 11.3 Å². The lowest BCUT2D eigenvalue weighted by Crippen LogP contribution is -2.10. The van der Waals surface area contributed by atoms with Crippen molar-refractivity contribution in [3.8, 4) is 39.1 Å². The molecule has 11 rings (SSSR count). The first kappa shape index (κ1) is 33.2. The lowest BCUT2D eigenvalue weighted by atomic mass is 9.96. The van der Waals surface area contributed by atoms with Crippen LogP contribution in [0.4, 0.5) is 17.1 Å². The molecule has 2 aromatic heterocycles. The van der Waals surface area contributed by atoms with Crippen molar-refractivity contribution in [2.45, 2.75) is 0 Å². The molecular weight excluding hydrogens is 709 g/mol. The van der Waals surface area contributed by atoms with Crippen LogP contribution in [0.5, 0.6) is 0 Å². The average molecular weight is 745 g/mol. The number of fused-ring (bicyclic) bond motifs is 6. The normalized spacial score (nSPS) is 11.5. The third kappa shape index (κ3) is 5.71. The standard InChI is InChI=1S/C54H36N2S/c1-4-15-37(16-5-1)39-27-31-42(32-28-39)55(43-33-29-40(30-34-43)38-17-6-2-7-18-38)44-35-48-45-21-11-13-26-52(45)57-54(48)49(36-44)46-23-14-25-51-53(46)47-22-10-12-24-50(47)56(51)41-19-8-3-9-20-41/h1-36H. The Labute approximate surface area is 335 Å². The average Bonchev–Trinajstić information content (AvgIpc) is 3.84. The lowest BCUT2D eigenvalue weighted by molar-refractivity contribution is 1.18. The summed E-state index contributed by atoms with van der Waals surface area (Å²) < 4.78 is 4.99. The zero-order valence-corrected chi connectivity index (χ0v) is 31.9. The number of aromatic nitrogens is 1. The molecule has 0 bridgehead atoms. The molecule has 268 valence electrons. The van der Waals surface area contributed by atoms with Crippen molar-refractivity contribution < 1.29 is 0 Å². The maximum atomic E-state index is 2.43. The second-order valence-electron chi connectivity index (χ2n) is 14.5. The summed E-state index contributed by atoms with van der Waals surface area (Å²) in [6, 6.07) is 79.3. The van der Waals surface area contributed by atoms with Crippen LogP contribution in [-0.4, -0.2) is 4.57 Å². The first-order valence-corrected chi connectivity index (χ1v) is 20.2. The molecule has 0 aliphatic heterocycles. The van der Waals surface area contributed by atoms with E-state index in [-0.39, 0.29) is 0 Å². The fraction of sp³-hybridized carbons (Fsp3) is 0. The molecule has 57 heavy (non-hydrogen) atoms. The van der Waals surface area contributed by atoms with Gasteiger partial charge in [-0.25, -0.2) is 0 Å². The van der Waals surface area contributed by atoms with Crippen LogP contribution < -0.4 is 4.90 Å². The van der Waals surface area contributed by atoms with Gasteiger partial charge in [-0.15, -0.1) is 11.3 Å². The molecule has 0 spiro atoms. The SMILES string of the molecule is c1ccc(-c2ccc(N(c3ccc(-c4ccccc4)cc3)c3cc(-c4cccc5c4c4ccccc4n5-c4ccccc4)c4sc5ccccc5c4c3)cc2)cc1. The first-order valence-electron chi connectivity index (χ1n) is 19.4. The van der Waals surface area contributed by atoms with Gasteiger partial charge in [0.2, 0.25) is 0 Å². The summed E-state index contributed by atoms with van der Waals surface area (Å²) in [7, 11) is 0. The van der Waals surface area contributed by atoms with E-state index in [1.165, 1.54) is 75.4 Å². The summed E-state index contributed by atoms with van der Waals surface area (Å²) in [6.07, 6.45) is 0. The Morgan fingerprint density at radius 3 is 1.53 bits per heavy atom. The van der Waals surface area contributed by atoms with E-state index in [0.717, 1.165) is 22.7 Å². The van der Waals surface area contributed by atoms with E-state index in [9.17, 15) is 0 Å². The monoisotopic (exact) mass is 744 g/mol. The predicted molar refractivity (Wildman–Crippen MR) is 245 cm³/mol. The van der Waals surface area contributed by atoms with E-state index in [1.54, 1.807) is 0 Å². The Morgan fingerprint density at radius 2 is 0.877 bits per heavy atom. The minimum atomic E-state index is 1.10. The third-order valence-corrected chi connectivity index (χ3v) is 12.4. The smallest absolute Gasteiger partial charge is 0.0547 e. The van der Waals surface area contributed by atoms with Gasteiger partial charge in [-0.1, -0.05) is 152 Å². The molecule has 2 nitrogen and oxygen atoms in total. The number of para-hydroxylation sites is 2. The zero-order chi connectivity index (χ0) is 37.7. The summed E-state index contributed by atoms with van der Waals surface area (Å²) >= 11 is 1.89. The Morgan fingerprint density at radius 1 is 0.351 bits per heavy atom. The Bertz CT molecular complexity index is 3120. The van der Waals surface area contributed by atoms with Crippen LogP contribution in [0.1, 0.15) is 0 Å². The van der Waals surface area contributed by atoms with Crippen LogP contribution in [0, 0.1) is 0 Å². The minimum absolute atomic E-state index is 1.10. The van der Waals surface area contributed by atoms with Gasteiger partial charge >= 0.3 is 0 Å². The number of hydrogen-bond donors (Lipinski definition) is 0. The second kappa shape index (κ2) is 13.8. The molecule has 0 saturated heterocycles. The minimum Gasteiger partial charge on any atom is -0.310 e. The van der Waals surface area contributed by atoms with Gasteiger partial charge in [-0.05, 0) is 94.5 Å². The Kier molecular flexibility index (Phi) is 8.04. The number of nitrogens with zero attached hydrogens (tertiary/aromatic N) is 2. The Balaban J connectivity index is 1.18. The fourth-order valence-corrected chi connectivity index (χ4v) is 9.77. The fourth-order valence-electron chi connectivity index (χ4n) is 8.55. The maximum absolute atomic E-state index is 2.43. The van der Waals surface area contributed by atoms with E-state index in [4.69, 9.17) is 0 Å². The van der Waals surface area contributed by atoms with Crippen LogP contribution in [0.15, 0.2) is 218 Å². The lowest BCUT2D eigenvalue weighted by Gasteiger charge is -2.27. The molecule has 0 N–H and O–H groups in total. The van der Waals surface area contributed by atoms with Gasteiger partial charge in [0.15, 0.2) is 0 Å². The largest absolute Gasteiger partial charge is 0.310 e. The van der Waals surface area contributed by atoms with E-state index >= 15 is 0 Å². The van der Waals surface area contributed by atoms with Gasteiger partial charge in [0.25, 0.3) is 0 Å². The third-order valence-electron chi connectivity index (χ3n) is 11.2. The molecule has 0 radical (unpaired) electrons. The van der Waals surface area contributed by atoms with Gasteiger partial charge < -0.3 is 9.47 Å². The first-order chi connectivity index (χ1) is 28.3. The van der Waals surface area contributed by atoms with Crippen LogP contribution in [0.25, 0.3) is 81.0 Å². The van der Waals surface area contributed by atoms with Crippen molar-refractivity contribution >= 4 is 70.4 Å². The molecule has 9 aromatic carbocycles. The van der Waals surface area contributed by atoms with Crippen molar-refractivity contribution in [1.29, 1.82) is 0 Å². The van der Waals surface area contributed by atoms with Crippen LogP contribution in [-0.2, 0) is 0 Å². The van der Waals surface area contributed by atoms with Crippen molar-refractivity contribution in [3.05, 3.63) is 218 Å².